The minimum absolute atomic E-state index is 0.137. The van der Waals surface area contributed by atoms with Crippen LogP contribution in [-0.4, -0.2) is 17.0 Å². The van der Waals surface area contributed by atoms with Gasteiger partial charge in [-0.2, -0.15) is 0 Å². The van der Waals surface area contributed by atoms with Gasteiger partial charge in [-0.05, 0) is 31.6 Å². The minimum atomic E-state index is -0.632. The molecule has 0 amide bonds. The maximum absolute atomic E-state index is 11.9. The molecule has 0 heterocycles. The Morgan fingerprint density at radius 3 is 2.48 bits per heavy atom. The number of hydrogen-bond acceptors (Lipinski definition) is 2. The quantitative estimate of drug-likeness (QED) is 0.437. The summed E-state index contributed by atoms with van der Waals surface area (Å²) in [5.41, 5.74) is 1.03. The maximum atomic E-state index is 11.9. The van der Waals surface area contributed by atoms with E-state index in [1.54, 1.807) is 6.08 Å². The van der Waals surface area contributed by atoms with E-state index >= 15 is 0 Å². The van der Waals surface area contributed by atoms with Gasteiger partial charge >= 0.3 is 0 Å². The van der Waals surface area contributed by atoms with Crippen LogP contribution >= 0.6 is 0 Å². The third kappa shape index (κ3) is 11.2. The molecule has 0 aromatic rings. The fourth-order valence-electron chi connectivity index (χ4n) is 2.09. The van der Waals surface area contributed by atoms with Crippen molar-refractivity contribution in [1.29, 1.82) is 0 Å². The Bertz CT molecular complexity index is 364. The molecular weight excluding hydrogens is 260 g/mol. The standard InChI is InChI=1S/C19H32O2/c1-6-7-8-9-18(20)14-19(21)13-12-17(16(4)5)11-10-15(2)3/h8-11,16-18,20H,2,6-7,12-14H2,1,3-5H3. The number of aliphatic hydroxyl groups excluding tert-OH is 1. The summed E-state index contributed by atoms with van der Waals surface area (Å²) in [5.74, 6) is 1.03. The smallest absolute Gasteiger partial charge is 0.135 e. The van der Waals surface area contributed by atoms with Crippen molar-refractivity contribution in [3.8, 4) is 0 Å². The van der Waals surface area contributed by atoms with E-state index in [4.69, 9.17) is 0 Å². The van der Waals surface area contributed by atoms with Crippen LogP contribution in [0.15, 0.2) is 36.5 Å². The largest absolute Gasteiger partial charge is 0.389 e. The van der Waals surface area contributed by atoms with Crippen LogP contribution in [0.3, 0.4) is 0 Å². The summed E-state index contributed by atoms with van der Waals surface area (Å²) in [6, 6.07) is 0. The summed E-state index contributed by atoms with van der Waals surface area (Å²) >= 11 is 0. The number of Topliss-reactive ketones (excluding diaryl/α,β-unsaturated/α-hetero) is 1. The Kier molecular flexibility index (Phi) is 10.9. The van der Waals surface area contributed by atoms with Gasteiger partial charge in [0.25, 0.3) is 0 Å². The molecule has 0 rings (SSSR count). The summed E-state index contributed by atoms with van der Waals surface area (Å²) in [6.07, 6.45) is 10.8. The van der Waals surface area contributed by atoms with Crippen LogP contribution in [0.4, 0.5) is 0 Å². The zero-order valence-electron chi connectivity index (χ0n) is 14.1. The number of aliphatic hydroxyl groups is 1. The molecule has 120 valence electrons. The molecule has 2 unspecified atom stereocenters. The number of rotatable bonds is 11. The lowest BCUT2D eigenvalue weighted by Gasteiger charge is -2.16. The molecular formula is C19H32O2. The van der Waals surface area contributed by atoms with Gasteiger partial charge in [-0.15, -0.1) is 0 Å². The fraction of sp³-hybridized carbons (Fsp3) is 0.632. The number of carbonyl (C=O) groups excluding carboxylic acids is 1. The summed E-state index contributed by atoms with van der Waals surface area (Å²) in [5, 5.41) is 9.76. The molecule has 0 spiro atoms. The second-order valence-corrected chi connectivity index (χ2v) is 6.18. The van der Waals surface area contributed by atoms with Crippen molar-refractivity contribution in [2.24, 2.45) is 11.8 Å². The Morgan fingerprint density at radius 1 is 1.29 bits per heavy atom. The van der Waals surface area contributed by atoms with E-state index in [0.29, 0.717) is 18.3 Å². The fourth-order valence-corrected chi connectivity index (χ4v) is 2.09. The molecule has 0 bridgehead atoms. The van der Waals surface area contributed by atoms with Crippen molar-refractivity contribution in [2.75, 3.05) is 0 Å². The normalized spacial score (nSPS) is 15.0. The molecule has 2 heteroatoms. The molecule has 0 saturated carbocycles. The predicted molar refractivity (Wildman–Crippen MR) is 91.2 cm³/mol. The molecule has 1 N–H and O–H groups in total. The van der Waals surface area contributed by atoms with E-state index in [2.05, 4.69) is 33.4 Å². The van der Waals surface area contributed by atoms with E-state index in [0.717, 1.165) is 24.8 Å². The molecule has 0 radical (unpaired) electrons. The van der Waals surface area contributed by atoms with E-state index in [1.165, 1.54) is 0 Å². The zero-order valence-corrected chi connectivity index (χ0v) is 14.1. The van der Waals surface area contributed by atoms with E-state index in [-0.39, 0.29) is 12.2 Å². The first kappa shape index (κ1) is 19.9. The van der Waals surface area contributed by atoms with Crippen molar-refractivity contribution < 1.29 is 9.90 Å². The SMILES string of the molecule is C=C(C)C=CC(CCC(=O)CC(O)C=CCCC)C(C)C. The lowest BCUT2D eigenvalue weighted by molar-refractivity contribution is -0.120. The van der Waals surface area contributed by atoms with Crippen molar-refractivity contribution in [3.63, 3.8) is 0 Å². The molecule has 2 atom stereocenters. The number of carbonyl (C=O) groups is 1. The summed E-state index contributed by atoms with van der Waals surface area (Å²) in [4.78, 5) is 11.9. The third-order valence-corrected chi connectivity index (χ3v) is 3.49. The van der Waals surface area contributed by atoms with Gasteiger partial charge < -0.3 is 5.11 Å². The van der Waals surface area contributed by atoms with E-state index in [1.807, 2.05) is 19.1 Å². The van der Waals surface area contributed by atoms with E-state index in [9.17, 15) is 9.90 Å². The van der Waals surface area contributed by atoms with Gasteiger partial charge in [0, 0.05) is 12.8 Å². The van der Waals surface area contributed by atoms with Crippen molar-refractivity contribution in [2.45, 2.75) is 65.9 Å². The maximum Gasteiger partial charge on any atom is 0.135 e. The van der Waals surface area contributed by atoms with Crippen LogP contribution < -0.4 is 0 Å². The van der Waals surface area contributed by atoms with Gasteiger partial charge in [0.05, 0.1) is 6.10 Å². The number of hydrogen-bond donors (Lipinski definition) is 1. The van der Waals surface area contributed by atoms with Gasteiger partial charge in [-0.1, -0.05) is 63.6 Å². The lowest BCUT2D eigenvalue weighted by Crippen LogP contribution is -2.13. The highest BCUT2D eigenvalue weighted by atomic mass is 16.3. The molecule has 0 fully saturated rings. The van der Waals surface area contributed by atoms with Gasteiger partial charge in [0.1, 0.15) is 5.78 Å². The Morgan fingerprint density at radius 2 is 1.95 bits per heavy atom. The zero-order chi connectivity index (χ0) is 16.3. The van der Waals surface area contributed by atoms with Crippen molar-refractivity contribution in [3.05, 3.63) is 36.5 Å². The summed E-state index contributed by atoms with van der Waals surface area (Å²) in [6.45, 7) is 12.3. The summed E-state index contributed by atoms with van der Waals surface area (Å²) < 4.78 is 0. The molecule has 0 aliphatic rings. The molecule has 0 aliphatic heterocycles. The molecule has 0 aliphatic carbocycles. The van der Waals surface area contributed by atoms with Crippen LogP contribution in [0.2, 0.25) is 0 Å². The topological polar surface area (TPSA) is 37.3 Å². The lowest BCUT2D eigenvalue weighted by atomic mass is 9.89. The Balaban J connectivity index is 4.22. The highest BCUT2D eigenvalue weighted by Gasteiger charge is 2.14. The first-order valence-corrected chi connectivity index (χ1v) is 8.06. The predicted octanol–water partition coefficient (Wildman–Crippen LogP) is 4.85. The summed E-state index contributed by atoms with van der Waals surface area (Å²) in [7, 11) is 0. The van der Waals surface area contributed by atoms with Crippen LogP contribution in [0, 0.1) is 11.8 Å². The van der Waals surface area contributed by atoms with Gasteiger partial charge in [-0.3, -0.25) is 4.79 Å². The van der Waals surface area contributed by atoms with Crippen molar-refractivity contribution >= 4 is 5.78 Å². The molecule has 2 nitrogen and oxygen atoms in total. The molecule has 21 heavy (non-hydrogen) atoms. The first-order chi connectivity index (χ1) is 9.86. The van der Waals surface area contributed by atoms with Gasteiger partial charge in [0.15, 0.2) is 0 Å². The van der Waals surface area contributed by atoms with Crippen LogP contribution in [0.25, 0.3) is 0 Å². The average Bonchev–Trinajstić information content (AvgIpc) is 2.38. The monoisotopic (exact) mass is 292 g/mol. The minimum Gasteiger partial charge on any atom is -0.389 e. The Labute approximate surface area is 130 Å². The second kappa shape index (κ2) is 11.5. The highest BCUT2D eigenvalue weighted by molar-refractivity contribution is 5.79. The number of ketones is 1. The molecule has 0 saturated heterocycles. The Hall–Kier alpha value is -1.15. The van der Waals surface area contributed by atoms with Crippen LogP contribution in [0.1, 0.15) is 59.8 Å². The number of unbranched alkanes of at least 4 members (excludes halogenated alkanes) is 1. The molecule has 0 aromatic carbocycles. The van der Waals surface area contributed by atoms with E-state index < -0.39 is 6.10 Å². The number of allylic oxidation sites excluding steroid dienone is 4. The van der Waals surface area contributed by atoms with Crippen LogP contribution in [-0.2, 0) is 4.79 Å². The second-order valence-electron chi connectivity index (χ2n) is 6.18. The van der Waals surface area contributed by atoms with Crippen LogP contribution in [0.5, 0.6) is 0 Å². The third-order valence-electron chi connectivity index (χ3n) is 3.49. The van der Waals surface area contributed by atoms with Crippen molar-refractivity contribution in [1.82, 2.24) is 0 Å². The average molecular weight is 292 g/mol. The first-order valence-electron chi connectivity index (χ1n) is 8.06. The molecule has 0 aromatic heterocycles. The van der Waals surface area contributed by atoms with Gasteiger partial charge in [-0.25, -0.2) is 0 Å². The van der Waals surface area contributed by atoms with Gasteiger partial charge in [0.2, 0.25) is 0 Å². The highest BCUT2D eigenvalue weighted by Crippen LogP contribution is 2.20.